The standard InChI is InChI=1S/C13H20N4O3/c1-8-5-9(3-4-14-8)12(18)16-11(13(19)20)10-6-15-17(2)7-10/h6-9,11,14H,3-5H2,1-2H3,(H,16,18)(H,19,20). The quantitative estimate of drug-likeness (QED) is 0.724. The van der Waals surface area contributed by atoms with E-state index in [2.05, 4.69) is 15.7 Å². The molecule has 20 heavy (non-hydrogen) atoms. The Bertz CT molecular complexity index is 500. The summed E-state index contributed by atoms with van der Waals surface area (Å²) in [6.07, 6.45) is 4.52. The highest BCUT2D eigenvalue weighted by molar-refractivity contribution is 5.85. The molecule has 3 N–H and O–H groups in total. The summed E-state index contributed by atoms with van der Waals surface area (Å²) in [5.41, 5.74) is 0.482. The molecule has 3 atom stereocenters. The van der Waals surface area contributed by atoms with Crippen molar-refractivity contribution in [2.24, 2.45) is 13.0 Å². The largest absolute Gasteiger partial charge is 0.479 e. The molecular formula is C13H20N4O3. The number of carbonyl (C=O) groups excluding carboxylic acids is 1. The van der Waals surface area contributed by atoms with Crippen LogP contribution in [0.25, 0.3) is 0 Å². The number of aliphatic carboxylic acids is 1. The summed E-state index contributed by atoms with van der Waals surface area (Å²) in [6.45, 7) is 2.80. The molecule has 1 amide bonds. The van der Waals surface area contributed by atoms with Crippen LogP contribution >= 0.6 is 0 Å². The highest BCUT2D eigenvalue weighted by atomic mass is 16.4. The van der Waals surface area contributed by atoms with Crippen LogP contribution in [0, 0.1) is 5.92 Å². The maximum atomic E-state index is 12.2. The third-order valence-corrected chi connectivity index (χ3v) is 3.59. The van der Waals surface area contributed by atoms with Gasteiger partial charge in [-0.2, -0.15) is 5.10 Å². The van der Waals surface area contributed by atoms with Crippen LogP contribution in [0.4, 0.5) is 0 Å². The van der Waals surface area contributed by atoms with Gasteiger partial charge in [-0.1, -0.05) is 0 Å². The van der Waals surface area contributed by atoms with Crippen LogP contribution in [0.15, 0.2) is 12.4 Å². The van der Waals surface area contributed by atoms with Gasteiger partial charge in [0, 0.05) is 30.8 Å². The number of carboxylic acids is 1. The Hall–Kier alpha value is -1.89. The number of aromatic nitrogens is 2. The van der Waals surface area contributed by atoms with Crippen molar-refractivity contribution in [2.45, 2.75) is 31.8 Å². The highest BCUT2D eigenvalue weighted by Crippen LogP contribution is 2.19. The smallest absolute Gasteiger partial charge is 0.331 e. The summed E-state index contributed by atoms with van der Waals surface area (Å²) in [5.74, 6) is -1.41. The summed E-state index contributed by atoms with van der Waals surface area (Å²) in [6, 6.07) is -0.762. The molecule has 0 aromatic carbocycles. The monoisotopic (exact) mass is 280 g/mol. The average Bonchev–Trinajstić information content (AvgIpc) is 2.81. The van der Waals surface area contributed by atoms with Crippen molar-refractivity contribution in [1.29, 1.82) is 0 Å². The average molecular weight is 280 g/mol. The van der Waals surface area contributed by atoms with Gasteiger partial charge in [-0.25, -0.2) is 4.79 Å². The van der Waals surface area contributed by atoms with E-state index in [4.69, 9.17) is 0 Å². The SMILES string of the molecule is CC1CC(C(=O)NC(C(=O)O)c2cnn(C)c2)CCN1. The fraction of sp³-hybridized carbons (Fsp3) is 0.615. The first-order valence-electron chi connectivity index (χ1n) is 6.72. The Kier molecular flexibility index (Phi) is 4.39. The molecule has 2 rings (SSSR count). The zero-order chi connectivity index (χ0) is 14.7. The van der Waals surface area contributed by atoms with Crippen LogP contribution in [0.5, 0.6) is 0 Å². The molecular weight excluding hydrogens is 260 g/mol. The number of amides is 1. The number of aryl methyl sites for hydroxylation is 1. The van der Waals surface area contributed by atoms with Gasteiger partial charge in [0.1, 0.15) is 0 Å². The molecule has 110 valence electrons. The minimum Gasteiger partial charge on any atom is -0.479 e. The molecule has 0 spiro atoms. The summed E-state index contributed by atoms with van der Waals surface area (Å²) >= 11 is 0. The second-order valence-electron chi connectivity index (χ2n) is 5.30. The van der Waals surface area contributed by atoms with Crippen molar-refractivity contribution >= 4 is 11.9 Å². The molecule has 1 aromatic rings. The second kappa shape index (κ2) is 6.04. The molecule has 0 saturated carbocycles. The summed E-state index contributed by atoms with van der Waals surface area (Å²) in [5, 5.41) is 19.1. The molecule has 1 aliphatic rings. The Morgan fingerprint density at radius 3 is 2.90 bits per heavy atom. The molecule has 2 heterocycles. The van der Waals surface area contributed by atoms with Crippen LogP contribution < -0.4 is 10.6 Å². The van der Waals surface area contributed by atoms with Crippen molar-refractivity contribution in [3.8, 4) is 0 Å². The van der Waals surface area contributed by atoms with Crippen molar-refractivity contribution in [2.75, 3.05) is 6.54 Å². The van der Waals surface area contributed by atoms with E-state index in [0.29, 0.717) is 5.56 Å². The highest BCUT2D eigenvalue weighted by Gasteiger charge is 2.29. The van der Waals surface area contributed by atoms with Crippen LogP contribution in [-0.2, 0) is 16.6 Å². The minimum absolute atomic E-state index is 0.134. The van der Waals surface area contributed by atoms with Gasteiger partial charge < -0.3 is 15.7 Å². The number of rotatable bonds is 4. The van der Waals surface area contributed by atoms with Crippen molar-refractivity contribution < 1.29 is 14.7 Å². The Balaban J connectivity index is 2.04. The van der Waals surface area contributed by atoms with Gasteiger partial charge in [-0.15, -0.1) is 0 Å². The number of hydrogen-bond donors (Lipinski definition) is 3. The van der Waals surface area contributed by atoms with Gasteiger partial charge in [0.15, 0.2) is 6.04 Å². The Morgan fingerprint density at radius 1 is 1.60 bits per heavy atom. The summed E-state index contributed by atoms with van der Waals surface area (Å²) in [4.78, 5) is 23.5. The molecule has 0 radical (unpaired) electrons. The van der Waals surface area contributed by atoms with E-state index < -0.39 is 12.0 Å². The van der Waals surface area contributed by atoms with E-state index in [1.807, 2.05) is 6.92 Å². The molecule has 1 aliphatic heterocycles. The number of nitrogens with one attached hydrogen (secondary N) is 2. The van der Waals surface area contributed by atoms with E-state index in [0.717, 1.165) is 19.4 Å². The maximum Gasteiger partial charge on any atom is 0.331 e. The van der Waals surface area contributed by atoms with E-state index in [1.54, 1.807) is 13.2 Å². The molecule has 3 unspecified atom stereocenters. The Morgan fingerprint density at radius 2 is 2.35 bits per heavy atom. The molecule has 7 nitrogen and oxygen atoms in total. The number of carboxylic acid groups (broad SMARTS) is 1. The topological polar surface area (TPSA) is 96.2 Å². The van der Waals surface area contributed by atoms with E-state index in [9.17, 15) is 14.7 Å². The van der Waals surface area contributed by atoms with Crippen LogP contribution in [-0.4, -0.2) is 39.4 Å². The first-order chi connectivity index (χ1) is 9.47. The lowest BCUT2D eigenvalue weighted by atomic mass is 9.92. The fourth-order valence-corrected chi connectivity index (χ4v) is 2.51. The molecule has 0 aliphatic carbocycles. The molecule has 1 aromatic heterocycles. The van der Waals surface area contributed by atoms with E-state index in [-0.39, 0.29) is 17.9 Å². The van der Waals surface area contributed by atoms with Gasteiger partial charge in [-0.05, 0) is 26.3 Å². The first kappa shape index (κ1) is 14.5. The summed E-state index contributed by atoms with van der Waals surface area (Å²) < 4.78 is 1.52. The van der Waals surface area contributed by atoms with Gasteiger partial charge in [0.25, 0.3) is 0 Å². The number of piperidine rings is 1. The lowest BCUT2D eigenvalue weighted by molar-refractivity contribution is -0.142. The molecule has 0 bridgehead atoms. The normalized spacial score (nSPS) is 24.1. The van der Waals surface area contributed by atoms with E-state index >= 15 is 0 Å². The maximum absolute atomic E-state index is 12.2. The lowest BCUT2D eigenvalue weighted by Crippen LogP contribution is -2.44. The van der Waals surface area contributed by atoms with Gasteiger partial charge >= 0.3 is 5.97 Å². The lowest BCUT2D eigenvalue weighted by Gasteiger charge is -2.28. The first-order valence-corrected chi connectivity index (χ1v) is 6.72. The molecule has 1 saturated heterocycles. The van der Waals surface area contributed by atoms with Crippen LogP contribution in [0.3, 0.4) is 0 Å². The van der Waals surface area contributed by atoms with E-state index in [1.165, 1.54) is 10.9 Å². The number of hydrogen-bond acceptors (Lipinski definition) is 4. The van der Waals surface area contributed by atoms with Crippen molar-refractivity contribution in [3.05, 3.63) is 18.0 Å². The summed E-state index contributed by atoms with van der Waals surface area (Å²) in [7, 11) is 1.71. The zero-order valence-electron chi connectivity index (χ0n) is 11.7. The predicted molar refractivity (Wildman–Crippen MR) is 71.9 cm³/mol. The Labute approximate surface area is 117 Å². The fourth-order valence-electron chi connectivity index (χ4n) is 2.51. The van der Waals surface area contributed by atoms with Crippen LogP contribution in [0.2, 0.25) is 0 Å². The van der Waals surface area contributed by atoms with Crippen LogP contribution in [0.1, 0.15) is 31.4 Å². The number of nitrogens with zero attached hydrogens (tertiary/aromatic N) is 2. The minimum atomic E-state index is -1.08. The molecule has 7 heteroatoms. The third-order valence-electron chi connectivity index (χ3n) is 3.59. The molecule has 1 fully saturated rings. The number of carbonyl (C=O) groups is 2. The zero-order valence-corrected chi connectivity index (χ0v) is 11.7. The van der Waals surface area contributed by atoms with Gasteiger partial charge in [0.05, 0.1) is 6.20 Å². The van der Waals surface area contributed by atoms with Gasteiger partial charge in [-0.3, -0.25) is 9.48 Å². The predicted octanol–water partition coefficient (Wildman–Crippen LogP) is 0.0501. The van der Waals surface area contributed by atoms with Crippen molar-refractivity contribution in [3.63, 3.8) is 0 Å². The van der Waals surface area contributed by atoms with Gasteiger partial charge in [0.2, 0.25) is 5.91 Å². The van der Waals surface area contributed by atoms with Crippen molar-refractivity contribution in [1.82, 2.24) is 20.4 Å². The third kappa shape index (κ3) is 3.36. The second-order valence-corrected chi connectivity index (χ2v) is 5.30.